The molecule has 1 aromatic heterocycles. The Labute approximate surface area is 165 Å². The molecule has 2 heterocycles. The van der Waals surface area contributed by atoms with E-state index in [1.807, 2.05) is 0 Å². The van der Waals surface area contributed by atoms with E-state index in [1.54, 1.807) is 19.9 Å². The average molecular weight is 429 g/mol. The summed E-state index contributed by atoms with van der Waals surface area (Å²) in [5.41, 5.74) is 0.714. The van der Waals surface area contributed by atoms with Gasteiger partial charge in [-0.1, -0.05) is 12.1 Å². The number of aromatic nitrogens is 1. The molecule has 3 rings (SSSR count). The van der Waals surface area contributed by atoms with E-state index in [9.17, 15) is 16.8 Å². The van der Waals surface area contributed by atoms with E-state index in [0.717, 1.165) is 6.42 Å². The van der Waals surface area contributed by atoms with Crippen LogP contribution in [0.3, 0.4) is 0 Å². The number of aryl methyl sites for hydroxylation is 1. The standard InChI is InChI=1S/C18H24N2O6S2/c1-3-27(21,22)12-11-25-15-6-8-16(9-7-15)28(23,24)20-10-4-5-17(20)18-13-14(2)19-26-18/h6-9,13,17H,3-5,10-12H2,1-2H3. The maximum absolute atomic E-state index is 13.1. The molecule has 0 amide bonds. The van der Waals surface area contributed by atoms with Crippen molar-refractivity contribution < 1.29 is 26.1 Å². The monoisotopic (exact) mass is 428 g/mol. The van der Waals surface area contributed by atoms with Crippen LogP contribution in [0.15, 0.2) is 39.8 Å². The molecule has 1 aliphatic heterocycles. The van der Waals surface area contributed by atoms with Crippen molar-refractivity contribution >= 4 is 19.9 Å². The van der Waals surface area contributed by atoms with Crippen LogP contribution in [-0.4, -0.2) is 51.0 Å². The molecular weight excluding hydrogens is 404 g/mol. The van der Waals surface area contributed by atoms with Gasteiger partial charge in [-0.15, -0.1) is 0 Å². The Morgan fingerprint density at radius 1 is 1.21 bits per heavy atom. The van der Waals surface area contributed by atoms with Crippen LogP contribution < -0.4 is 4.74 Å². The Kier molecular flexibility index (Phi) is 6.11. The zero-order chi connectivity index (χ0) is 20.4. The van der Waals surface area contributed by atoms with E-state index in [-0.39, 0.29) is 29.0 Å². The SMILES string of the molecule is CCS(=O)(=O)CCOc1ccc(S(=O)(=O)N2CCCC2c2cc(C)no2)cc1. The highest BCUT2D eigenvalue weighted by molar-refractivity contribution is 7.91. The minimum absolute atomic E-state index is 0.0291. The first-order valence-corrected chi connectivity index (χ1v) is 12.4. The first kappa shape index (κ1) is 20.8. The van der Waals surface area contributed by atoms with Gasteiger partial charge in [0.2, 0.25) is 10.0 Å². The van der Waals surface area contributed by atoms with Crippen molar-refractivity contribution in [3.63, 3.8) is 0 Å². The summed E-state index contributed by atoms with van der Waals surface area (Å²) in [6.07, 6.45) is 1.43. The second kappa shape index (κ2) is 8.22. The fraction of sp³-hybridized carbons (Fsp3) is 0.500. The zero-order valence-corrected chi connectivity index (χ0v) is 17.5. The average Bonchev–Trinajstić information content (AvgIpc) is 3.31. The highest BCUT2D eigenvalue weighted by Gasteiger charge is 2.38. The third-order valence-corrected chi connectivity index (χ3v) is 8.30. The number of hydrogen-bond donors (Lipinski definition) is 0. The van der Waals surface area contributed by atoms with Crippen molar-refractivity contribution in [3.05, 3.63) is 41.8 Å². The van der Waals surface area contributed by atoms with Gasteiger partial charge >= 0.3 is 0 Å². The van der Waals surface area contributed by atoms with E-state index in [2.05, 4.69) is 5.16 Å². The van der Waals surface area contributed by atoms with Gasteiger partial charge in [0.1, 0.15) is 12.4 Å². The highest BCUT2D eigenvalue weighted by atomic mass is 32.2. The summed E-state index contributed by atoms with van der Waals surface area (Å²) < 4.78 is 61.3. The Morgan fingerprint density at radius 3 is 2.54 bits per heavy atom. The van der Waals surface area contributed by atoms with E-state index in [0.29, 0.717) is 30.2 Å². The van der Waals surface area contributed by atoms with Gasteiger partial charge in [-0.25, -0.2) is 16.8 Å². The molecule has 154 valence electrons. The van der Waals surface area contributed by atoms with Gasteiger partial charge < -0.3 is 9.26 Å². The van der Waals surface area contributed by atoms with Crippen LogP contribution in [0.5, 0.6) is 5.75 Å². The van der Waals surface area contributed by atoms with Gasteiger partial charge in [0.15, 0.2) is 15.6 Å². The van der Waals surface area contributed by atoms with Crippen molar-refractivity contribution in [2.75, 3.05) is 24.7 Å². The molecule has 1 aliphatic rings. The molecule has 1 atom stereocenters. The van der Waals surface area contributed by atoms with Gasteiger partial charge in [-0.05, 0) is 44.0 Å². The second-order valence-electron chi connectivity index (χ2n) is 6.70. The minimum atomic E-state index is -3.70. The lowest BCUT2D eigenvalue weighted by molar-refractivity contribution is 0.297. The number of sulfone groups is 1. The lowest BCUT2D eigenvalue weighted by Gasteiger charge is -2.22. The van der Waals surface area contributed by atoms with E-state index in [1.165, 1.54) is 28.6 Å². The smallest absolute Gasteiger partial charge is 0.243 e. The van der Waals surface area contributed by atoms with Gasteiger partial charge in [-0.3, -0.25) is 0 Å². The van der Waals surface area contributed by atoms with Gasteiger partial charge in [0.05, 0.1) is 22.4 Å². The normalized spacial score (nSPS) is 18.4. The third kappa shape index (κ3) is 4.56. The number of sulfonamides is 1. The molecule has 0 N–H and O–H groups in total. The molecular formula is C18H24N2O6S2. The number of benzene rings is 1. The van der Waals surface area contributed by atoms with Crippen molar-refractivity contribution in [3.8, 4) is 5.75 Å². The lowest BCUT2D eigenvalue weighted by atomic mass is 10.2. The predicted octanol–water partition coefficient (Wildman–Crippen LogP) is 2.32. The Morgan fingerprint density at radius 2 is 1.93 bits per heavy atom. The van der Waals surface area contributed by atoms with Crippen LogP contribution >= 0.6 is 0 Å². The molecule has 1 fully saturated rings. The van der Waals surface area contributed by atoms with Crippen LogP contribution in [0.1, 0.15) is 37.3 Å². The Balaban J connectivity index is 1.71. The van der Waals surface area contributed by atoms with Crippen molar-refractivity contribution in [2.24, 2.45) is 0 Å². The summed E-state index contributed by atoms with van der Waals surface area (Å²) in [4.78, 5) is 0.157. The molecule has 2 aromatic rings. The molecule has 0 saturated carbocycles. The number of ether oxygens (including phenoxy) is 1. The molecule has 0 radical (unpaired) electrons. The maximum Gasteiger partial charge on any atom is 0.243 e. The second-order valence-corrected chi connectivity index (χ2v) is 11.1. The number of hydrogen-bond acceptors (Lipinski definition) is 7. The van der Waals surface area contributed by atoms with Crippen LogP contribution in [-0.2, 0) is 19.9 Å². The quantitative estimate of drug-likeness (QED) is 0.635. The van der Waals surface area contributed by atoms with Crippen LogP contribution in [0, 0.1) is 6.92 Å². The topological polar surface area (TPSA) is 107 Å². The first-order valence-electron chi connectivity index (χ1n) is 9.11. The fourth-order valence-electron chi connectivity index (χ4n) is 3.13. The van der Waals surface area contributed by atoms with Crippen LogP contribution in [0.25, 0.3) is 0 Å². The molecule has 0 aliphatic carbocycles. The Hall–Kier alpha value is -1.91. The van der Waals surface area contributed by atoms with E-state index in [4.69, 9.17) is 9.26 Å². The zero-order valence-electron chi connectivity index (χ0n) is 15.9. The highest BCUT2D eigenvalue weighted by Crippen LogP contribution is 2.37. The summed E-state index contributed by atoms with van der Waals surface area (Å²) in [7, 11) is -6.80. The summed E-state index contributed by atoms with van der Waals surface area (Å²) >= 11 is 0. The molecule has 8 nitrogen and oxygen atoms in total. The Bertz CT molecular complexity index is 1010. The van der Waals surface area contributed by atoms with Gasteiger partial charge in [0.25, 0.3) is 0 Å². The third-order valence-electron chi connectivity index (χ3n) is 4.71. The van der Waals surface area contributed by atoms with Gasteiger partial charge in [0, 0.05) is 18.4 Å². The molecule has 1 unspecified atom stereocenters. The summed E-state index contributed by atoms with van der Waals surface area (Å²) in [5, 5.41) is 3.86. The van der Waals surface area contributed by atoms with E-state index < -0.39 is 19.9 Å². The van der Waals surface area contributed by atoms with Gasteiger partial charge in [-0.2, -0.15) is 4.31 Å². The van der Waals surface area contributed by atoms with Crippen molar-refractivity contribution in [1.29, 1.82) is 0 Å². The largest absolute Gasteiger partial charge is 0.493 e. The molecule has 10 heteroatoms. The number of nitrogens with zero attached hydrogens (tertiary/aromatic N) is 2. The molecule has 28 heavy (non-hydrogen) atoms. The molecule has 0 spiro atoms. The predicted molar refractivity (Wildman–Crippen MR) is 103 cm³/mol. The molecule has 0 bridgehead atoms. The minimum Gasteiger partial charge on any atom is -0.493 e. The van der Waals surface area contributed by atoms with Crippen molar-refractivity contribution in [1.82, 2.24) is 9.46 Å². The fourth-order valence-corrected chi connectivity index (χ4v) is 5.42. The number of rotatable bonds is 8. The lowest BCUT2D eigenvalue weighted by Crippen LogP contribution is -2.30. The van der Waals surface area contributed by atoms with Crippen LogP contribution in [0.2, 0.25) is 0 Å². The molecule has 1 aromatic carbocycles. The maximum atomic E-state index is 13.1. The summed E-state index contributed by atoms with van der Waals surface area (Å²) in [6, 6.07) is 7.42. The summed E-state index contributed by atoms with van der Waals surface area (Å²) in [5.74, 6) is 0.968. The first-order chi connectivity index (χ1) is 13.2. The van der Waals surface area contributed by atoms with Crippen LogP contribution in [0.4, 0.5) is 0 Å². The summed E-state index contributed by atoms with van der Waals surface area (Å²) in [6.45, 7) is 3.83. The van der Waals surface area contributed by atoms with E-state index >= 15 is 0 Å². The molecule has 1 saturated heterocycles. The van der Waals surface area contributed by atoms with Crippen molar-refractivity contribution in [2.45, 2.75) is 37.6 Å².